The number of rotatable bonds is 3. The number of anilines is 1. The van der Waals surface area contributed by atoms with Gasteiger partial charge in [-0.1, -0.05) is 24.3 Å². The molecule has 0 atom stereocenters. The highest BCUT2D eigenvalue weighted by Gasteiger charge is 2.32. The summed E-state index contributed by atoms with van der Waals surface area (Å²) in [5, 5.41) is 0. The molecule has 0 aliphatic carbocycles. The lowest BCUT2D eigenvalue weighted by atomic mass is 10.0. The summed E-state index contributed by atoms with van der Waals surface area (Å²) in [7, 11) is 0. The Morgan fingerprint density at radius 1 is 1.15 bits per heavy atom. The SMILES string of the molecule is CC1(C)Cc2cccc(OCc3ccc(N)cc3)c2O1. The van der Waals surface area contributed by atoms with Gasteiger partial charge in [0, 0.05) is 17.7 Å². The first-order chi connectivity index (χ1) is 9.53. The quantitative estimate of drug-likeness (QED) is 0.866. The third-order valence-electron chi connectivity index (χ3n) is 3.43. The molecule has 0 fully saturated rings. The van der Waals surface area contributed by atoms with Gasteiger partial charge >= 0.3 is 0 Å². The van der Waals surface area contributed by atoms with Crippen LogP contribution < -0.4 is 15.2 Å². The smallest absolute Gasteiger partial charge is 0.165 e. The fraction of sp³-hybridized carbons (Fsp3) is 0.294. The Morgan fingerprint density at radius 2 is 1.90 bits per heavy atom. The summed E-state index contributed by atoms with van der Waals surface area (Å²) in [6.45, 7) is 4.70. The van der Waals surface area contributed by atoms with E-state index in [2.05, 4.69) is 19.9 Å². The predicted molar refractivity (Wildman–Crippen MR) is 80.0 cm³/mol. The van der Waals surface area contributed by atoms with Crippen molar-refractivity contribution in [2.45, 2.75) is 32.5 Å². The van der Waals surface area contributed by atoms with Crippen molar-refractivity contribution in [2.75, 3.05) is 5.73 Å². The highest BCUT2D eigenvalue weighted by Crippen LogP contribution is 2.41. The molecular weight excluding hydrogens is 250 g/mol. The molecule has 3 heteroatoms. The third kappa shape index (κ3) is 2.57. The van der Waals surface area contributed by atoms with Crippen LogP contribution in [0.4, 0.5) is 5.69 Å². The van der Waals surface area contributed by atoms with E-state index in [1.807, 2.05) is 36.4 Å². The van der Waals surface area contributed by atoms with Crippen LogP contribution in [0.2, 0.25) is 0 Å². The van der Waals surface area contributed by atoms with Crippen LogP contribution in [-0.2, 0) is 13.0 Å². The lowest BCUT2D eigenvalue weighted by molar-refractivity contribution is 0.131. The number of para-hydroxylation sites is 1. The van der Waals surface area contributed by atoms with Crippen LogP contribution in [0, 0.1) is 0 Å². The van der Waals surface area contributed by atoms with E-state index < -0.39 is 0 Å². The summed E-state index contributed by atoms with van der Waals surface area (Å²) in [5.74, 6) is 1.69. The Morgan fingerprint density at radius 3 is 2.65 bits per heavy atom. The molecule has 20 heavy (non-hydrogen) atoms. The van der Waals surface area contributed by atoms with Crippen molar-refractivity contribution in [3.8, 4) is 11.5 Å². The monoisotopic (exact) mass is 269 g/mol. The summed E-state index contributed by atoms with van der Waals surface area (Å²) in [6, 6.07) is 13.8. The summed E-state index contributed by atoms with van der Waals surface area (Å²) in [4.78, 5) is 0. The van der Waals surface area contributed by atoms with Gasteiger partial charge in [-0.2, -0.15) is 0 Å². The Labute approximate surface area is 119 Å². The van der Waals surface area contributed by atoms with Crippen LogP contribution in [-0.4, -0.2) is 5.60 Å². The lowest BCUT2D eigenvalue weighted by Gasteiger charge is -2.18. The lowest BCUT2D eigenvalue weighted by Crippen LogP contribution is -2.24. The molecule has 2 N–H and O–H groups in total. The van der Waals surface area contributed by atoms with Gasteiger partial charge in [0.1, 0.15) is 12.2 Å². The molecular formula is C17H19NO2. The van der Waals surface area contributed by atoms with Crippen molar-refractivity contribution < 1.29 is 9.47 Å². The van der Waals surface area contributed by atoms with Crippen LogP contribution in [0.5, 0.6) is 11.5 Å². The first-order valence-corrected chi connectivity index (χ1v) is 6.82. The van der Waals surface area contributed by atoms with Crippen molar-refractivity contribution in [2.24, 2.45) is 0 Å². The molecule has 1 heterocycles. The summed E-state index contributed by atoms with van der Waals surface area (Å²) >= 11 is 0. The molecule has 0 radical (unpaired) electrons. The average molecular weight is 269 g/mol. The van der Waals surface area contributed by atoms with E-state index in [0.717, 1.165) is 29.2 Å². The van der Waals surface area contributed by atoms with E-state index in [1.54, 1.807) is 0 Å². The van der Waals surface area contributed by atoms with Gasteiger partial charge in [0.15, 0.2) is 11.5 Å². The van der Waals surface area contributed by atoms with Gasteiger partial charge in [0.25, 0.3) is 0 Å². The number of hydrogen-bond acceptors (Lipinski definition) is 3. The van der Waals surface area contributed by atoms with Gasteiger partial charge in [-0.05, 0) is 37.6 Å². The van der Waals surface area contributed by atoms with Crippen LogP contribution in [0.15, 0.2) is 42.5 Å². The van der Waals surface area contributed by atoms with E-state index in [4.69, 9.17) is 15.2 Å². The van der Waals surface area contributed by atoms with Crippen molar-refractivity contribution in [1.29, 1.82) is 0 Å². The Kier molecular flexibility index (Phi) is 3.05. The molecule has 0 saturated heterocycles. The highest BCUT2D eigenvalue weighted by atomic mass is 16.5. The number of nitrogens with two attached hydrogens (primary N) is 1. The second kappa shape index (κ2) is 4.75. The van der Waals surface area contributed by atoms with E-state index in [1.165, 1.54) is 5.56 Å². The number of ether oxygens (including phenoxy) is 2. The Hall–Kier alpha value is -2.16. The first kappa shape index (κ1) is 12.9. The van der Waals surface area contributed by atoms with Crippen LogP contribution in [0.1, 0.15) is 25.0 Å². The average Bonchev–Trinajstić information content (AvgIpc) is 2.72. The highest BCUT2D eigenvalue weighted by molar-refractivity contribution is 5.50. The number of fused-ring (bicyclic) bond motifs is 1. The zero-order chi connectivity index (χ0) is 14.2. The molecule has 104 valence electrons. The normalized spacial score (nSPS) is 15.5. The van der Waals surface area contributed by atoms with Gasteiger partial charge in [-0.3, -0.25) is 0 Å². The molecule has 1 aliphatic heterocycles. The van der Waals surface area contributed by atoms with Crippen molar-refractivity contribution in [3.05, 3.63) is 53.6 Å². The topological polar surface area (TPSA) is 44.5 Å². The molecule has 1 aliphatic rings. The zero-order valence-electron chi connectivity index (χ0n) is 11.8. The van der Waals surface area contributed by atoms with Crippen molar-refractivity contribution >= 4 is 5.69 Å². The molecule has 0 amide bonds. The summed E-state index contributed by atoms with van der Waals surface area (Å²) in [6.07, 6.45) is 0.918. The third-order valence-corrected chi connectivity index (χ3v) is 3.43. The second-order valence-corrected chi connectivity index (χ2v) is 5.81. The first-order valence-electron chi connectivity index (χ1n) is 6.82. The molecule has 0 saturated carbocycles. The van der Waals surface area contributed by atoms with Crippen LogP contribution in [0.25, 0.3) is 0 Å². The molecule has 0 aromatic heterocycles. The minimum absolute atomic E-state index is 0.150. The minimum atomic E-state index is -0.150. The maximum atomic E-state index is 5.99. The molecule has 0 spiro atoms. The van der Waals surface area contributed by atoms with Crippen molar-refractivity contribution in [1.82, 2.24) is 0 Å². The second-order valence-electron chi connectivity index (χ2n) is 5.81. The molecule has 3 rings (SSSR count). The van der Waals surface area contributed by atoms with E-state index >= 15 is 0 Å². The van der Waals surface area contributed by atoms with Gasteiger partial charge in [-0.15, -0.1) is 0 Å². The molecule has 0 bridgehead atoms. The summed E-state index contributed by atoms with van der Waals surface area (Å²) < 4.78 is 11.9. The van der Waals surface area contributed by atoms with Gasteiger partial charge in [0.05, 0.1) is 0 Å². The van der Waals surface area contributed by atoms with Crippen LogP contribution >= 0.6 is 0 Å². The fourth-order valence-corrected chi connectivity index (χ4v) is 2.48. The fourth-order valence-electron chi connectivity index (χ4n) is 2.48. The van der Waals surface area contributed by atoms with Gasteiger partial charge in [0.2, 0.25) is 0 Å². The molecule has 3 nitrogen and oxygen atoms in total. The number of hydrogen-bond donors (Lipinski definition) is 1. The number of benzene rings is 2. The Balaban J connectivity index is 1.76. The maximum Gasteiger partial charge on any atom is 0.165 e. The molecule has 2 aromatic rings. The maximum absolute atomic E-state index is 5.99. The van der Waals surface area contributed by atoms with E-state index in [0.29, 0.717) is 6.61 Å². The van der Waals surface area contributed by atoms with E-state index in [9.17, 15) is 0 Å². The largest absolute Gasteiger partial charge is 0.485 e. The van der Waals surface area contributed by atoms with Gasteiger partial charge < -0.3 is 15.2 Å². The zero-order valence-corrected chi connectivity index (χ0v) is 11.8. The predicted octanol–water partition coefficient (Wildman–Crippen LogP) is 3.56. The van der Waals surface area contributed by atoms with Crippen LogP contribution in [0.3, 0.4) is 0 Å². The van der Waals surface area contributed by atoms with E-state index in [-0.39, 0.29) is 5.60 Å². The standard InChI is InChI=1S/C17H19NO2/c1-17(2)10-13-4-3-5-15(16(13)20-17)19-11-12-6-8-14(18)9-7-12/h3-9H,10-11,18H2,1-2H3. The Bertz CT molecular complexity index is 617. The molecule has 0 unspecified atom stereocenters. The minimum Gasteiger partial charge on any atom is -0.485 e. The number of nitrogen functional groups attached to an aromatic ring is 1. The molecule has 2 aromatic carbocycles. The van der Waals surface area contributed by atoms with Crippen molar-refractivity contribution in [3.63, 3.8) is 0 Å². The summed E-state index contributed by atoms with van der Waals surface area (Å²) in [5.41, 5.74) is 8.59. The van der Waals surface area contributed by atoms with Gasteiger partial charge in [-0.25, -0.2) is 0 Å².